The molecule has 0 amide bonds. The summed E-state index contributed by atoms with van der Waals surface area (Å²) in [5.74, 6) is -5.43. The predicted molar refractivity (Wildman–Crippen MR) is 76.9 cm³/mol. The number of hydrogen-bond acceptors (Lipinski definition) is 5. The summed E-state index contributed by atoms with van der Waals surface area (Å²) in [6.45, 7) is 4.45. The monoisotopic (exact) mass is 322 g/mol. The van der Waals surface area contributed by atoms with Crippen molar-refractivity contribution in [1.29, 1.82) is 0 Å². The molecule has 0 radical (unpaired) electrons. The fraction of sp³-hybridized carbons (Fsp3) is 0.200. The maximum atomic E-state index is 11.3. The molecule has 122 valence electrons. The van der Waals surface area contributed by atoms with Gasteiger partial charge in [-0.2, -0.15) is 0 Å². The molecular formula is C15H14O8. The van der Waals surface area contributed by atoms with E-state index >= 15 is 0 Å². The van der Waals surface area contributed by atoms with Crippen molar-refractivity contribution in [1.82, 2.24) is 0 Å². The summed E-state index contributed by atoms with van der Waals surface area (Å²) < 4.78 is 4.76. The van der Waals surface area contributed by atoms with E-state index in [0.29, 0.717) is 0 Å². The number of carboxylic acids is 3. The first-order chi connectivity index (χ1) is 10.7. The van der Waals surface area contributed by atoms with Crippen molar-refractivity contribution in [2.24, 2.45) is 0 Å². The number of esters is 1. The van der Waals surface area contributed by atoms with Crippen LogP contribution in [0.15, 0.2) is 18.7 Å². The van der Waals surface area contributed by atoms with Crippen LogP contribution in [-0.2, 0) is 16.0 Å². The van der Waals surface area contributed by atoms with Crippen molar-refractivity contribution in [3.8, 4) is 0 Å². The van der Waals surface area contributed by atoms with Crippen LogP contribution in [0.3, 0.4) is 0 Å². The lowest BCUT2D eigenvalue weighted by Gasteiger charge is -2.14. The number of rotatable bonds is 7. The van der Waals surface area contributed by atoms with E-state index in [-0.39, 0.29) is 24.2 Å². The molecule has 0 fully saturated rings. The number of carbonyl (C=O) groups excluding carboxylic acids is 1. The molecular weight excluding hydrogens is 308 g/mol. The zero-order chi connectivity index (χ0) is 17.7. The lowest BCUT2D eigenvalue weighted by Crippen LogP contribution is -2.18. The van der Waals surface area contributed by atoms with Crippen LogP contribution in [0.5, 0.6) is 0 Å². The minimum Gasteiger partial charge on any atom is -0.478 e. The highest BCUT2D eigenvalue weighted by Crippen LogP contribution is 2.24. The molecule has 0 bridgehead atoms. The summed E-state index contributed by atoms with van der Waals surface area (Å²) in [5.41, 5.74) is -1.64. The second kappa shape index (κ2) is 7.21. The van der Waals surface area contributed by atoms with Crippen LogP contribution < -0.4 is 0 Å². The molecule has 0 aliphatic carbocycles. The van der Waals surface area contributed by atoms with Gasteiger partial charge in [-0.3, -0.25) is 0 Å². The third-order valence-corrected chi connectivity index (χ3v) is 3.14. The number of benzene rings is 1. The fourth-order valence-corrected chi connectivity index (χ4v) is 2.08. The summed E-state index contributed by atoms with van der Waals surface area (Å²) in [4.78, 5) is 44.8. The van der Waals surface area contributed by atoms with Gasteiger partial charge in [0.05, 0.1) is 23.3 Å². The van der Waals surface area contributed by atoms with E-state index in [0.717, 1.165) is 12.1 Å². The van der Waals surface area contributed by atoms with Crippen molar-refractivity contribution in [2.75, 3.05) is 6.61 Å². The first-order valence-electron chi connectivity index (χ1n) is 6.36. The van der Waals surface area contributed by atoms with Gasteiger partial charge in [-0.1, -0.05) is 6.58 Å². The smallest absolute Gasteiger partial charge is 0.337 e. The zero-order valence-electron chi connectivity index (χ0n) is 12.2. The van der Waals surface area contributed by atoms with E-state index in [2.05, 4.69) is 6.58 Å². The minimum absolute atomic E-state index is 0.0336. The Labute approximate surface area is 130 Å². The van der Waals surface area contributed by atoms with E-state index in [1.165, 1.54) is 6.92 Å². The highest BCUT2D eigenvalue weighted by molar-refractivity contribution is 6.10. The standard InChI is InChI=1S/C15H14O8/c1-3-10(16)23-5-4-8-6-9(13(17)18)12(15(21)22)11(7(8)2)14(19)20/h3,6H,1,4-5H2,2H3,(H,17,18)(H,19,20)(H,21,22). The van der Waals surface area contributed by atoms with Gasteiger partial charge in [0, 0.05) is 12.5 Å². The van der Waals surface area contributed by atoms with Crippen LogP contribution in [0.1, 0.15) is 42.2 Å². The molecule has 3 N–H and O–H groups in total. The summed E-state index contributed by atoms with van der Waals surface area (Å²) >= 11 is 0. The van der Waals surface area contributed by atoms with Crippen LogP contribution in [-0.4, -0.2) is 45.8 Å². The lowest BCUT2D eigenvalue weighted by atomic mass is 9.91. The van der Waals surface area contributed by atoms with Crippen molar-refractivity contribution in [3.63, 3.8) is 0 Å². The molecule has 0 aliphatic heterocycles. The molecule has 0 saturated carbocycles. The number of carboxylic acid groups (broad SMARTS) is 3. The molecule has 23 heavy (non-hydrogen) atoms. The zero-order valence-corrected chi connectivity index (χ0v) is 12.2. The highest BCUT2D eigenvalue weighted by atomic mass is 16.5. The van der Waals surface area contributed by atoms with Crippen molar-refractivity contribution in [2.45, 2.75) is 13.3 Å². The maximum Gasteiger partial charge on any atom is 0.337 e. The molecule has 0 aromatic heterocycles. The molecule has 1 aromatic carbocycles. The van der Waals surface area contributed by atoms with Crippen molar-refractivity contribution in [3.05, 3.63) is 46.5 Å². The van der Waals surface area contributed by atoms with Gasteiger partial charge in [-0.25, -0.2) is 19.2 Å². The predicted octanol–water partition coefficient (Wildman–Crippen LogP) is 1.36. The first kappa shape index (κ1) is 17.9. The summed E-state index contributed by atoms with van der Waals surface area (Å²) in [7, 11) is 0. The Morgan fingerprint density at radius 1 is 1.09 bits per heavy atom. The van der Waals surface area contributed by atoms with Crippen molar-refractivity contribution >= 4 is 23.9 Å². The Hall–Kier alpha value is -3.16. The molecule has 0 atom stereocenters. The average molecular weight is 322 g/mol. The second-order valence-corrected chi connectivity index (χ2v) is 4.50. The van der Waals surface area contributed by atoms with Crippen LogP contribution in [0.4, 0.5) is 0 Å². The Balaban J connectivity index is 3.41. The Morgan fingerprint density at radius 2 is 1.65 bits per heavy atom. The van der Waals surface area contributed by atoms with Crippen LogP contribution >= 0.6 is 0 Å². The van der Waals surface area contributed by atoms with E-state index in [1.54, 1.807) is 0 Å². The average Bonchev–Trinajstić information content (AvgIpc) is 2.46. The molecule has 0 aliphatic rings. The van der Waals surface area contributed by atoms with Gasteiger partial charge < -0.3 is 20.1 Å². The lowest BCUT2D eigenvalue weighted by molar-refractivity contribution is -0.137. The molecule has 0 saturated heterocycles. The molecule has 0 heterocycles. The molecule has 8 nitrogen and oxygen atoms in total. The van der Waals surface area contributed by atoms with Crippen LogP contribution in [0.2, 0.25) is 0 Å². The Kier molecular flexibility index (Phi) is 5.61. The molecule has 0 spiro atoms. The number of hydrogen-bond donors (Lipinski definition) is 3. The summed E-state index contributed by atoms with van der Waals surface area (Å²) in [5, 5.41) is 27.5. The third-order valence-electron chi connectivity index (χ3n) is 3.14. The fourth-order valence-electron chi connectivity index (χ4n) is 2.08. The van der Waals surface area contributed by atoms with Gasteiger partial charge in [0.2, 0.25) is 0 Å². The van der Waals surface area contributed by atoms with E-state index in [1.807, 2.05) is 0 Å². The number of carbonyl (C=O) groups is 4. The topological polar surface area (TPSA) is 138 Å². The maximum absolute atomic E-state index is 11.3. The minimum atomic E-state index is -1.65. The van der Waals surface area contributed by atoms with Crippen LogP contribution in [0.25, 0.3) is 0 Å². The number of ether oxygens (including phenoxy) is 1. The van der Waals surface area contributed by atoms with E-state index < -0.39 is 40.6 Å². The van der Waals surface area contributed by atoms with Gasteiger partial charge in [0.1, 0.15) is 0 Å². The van der Waals surface area contributed by atoms with Gasteiger partial charge in [0.25, 0.3) is 0 Å². The van der Waals surface area contributed by atoms with Gasteiger partial charge in [0.15, 0.2) is 0 Å². The van der Waals surface area contributed by atoms with Gasteiger partial charge in [-0.05, 0) is 24.1 Å². The summed E-state index contributed by atoms with van der Waals surface area (Å²) in [6, 6.07) is 1.08. The van der Waals surface area contributed by atoms with Crippen LogP contribution in [0, 0.1) is 6.92 Å². The molecule has 0 unspecified atom stereocenters. The van der Waals surface area contributed by atoms with Crippen molar-refractivity contribution < 1.29 is 39.2 Å². The highest BCUT2D eigenvalue weighted by Gasteiger charge is 2.27. The molecule has 8 heteroatoms. The summed E-state index contributed by atoms with van der Waals surface area (Å²) in [6.07, 6.45) is 0.984. The SMILES string of the molecule is C=CC(=O)OCCc1cc(C(=O)O)c(C(=O)O)c(C(=O)O)c1C. The van der Waals surface area contributed by atoms with E-state index in [9.17, 15) is 24.3 Å². The molecule has 1 rings (SSSR count). The van der Waals surface area contributed by atoms with E-state index in [4.69, 9.17) is 14.9 Å². The largest absolute Gasteiger partial charge is 0.478 e. The Morgan fingerprint density at radius 3 is 2.09 bits per heavy atom. The van der Waals surface area contributed by atoms with Gasteiger partial charge in [-0.15, -0.1) is 0 Å². The third kappa shape index (κ3) is 3.94. The second-order valence-electron chi connectivity index (χ2n) is 4.50. The molecule has 1 aromatic rings. The van der Waals surface area contributed by atoms with Gasteiger partial charge >= 0.3 is 23.9 Å². The quantitative estimate of drug-likeness (QED) is 0.505. The number of aromatic carboxylic acids is 3. The first-order valence-corrected chi connectivity index (χ1v) is 6.36. The normalized spacial score (nSPS) is 9.96. The Bertz CT molecular complexity index is 702.